The number of hydrogen-bond acceptors (Lipinski definition) is 3. The van der Waals surface area contributed by atoms with Crippen molar-refractivity contribution in [1.82, 2.24) is 14.2 Å². The maximum absolute atomic E-state index is 13.1. The minimum Gasteiger partial charge on any atom is -0.357 e. The van der Waals surface area contributed by atoms with E-state index in [1.54, 1.807) is 35.6 Å². The lowest BCUT2D eigenvalue weighted by Crippen LogP contribution is -2.48. The zero-order valence-electron chi connectivity index (χ0n) is 16.0. The first-order chi connectivity index (χ1) is 13.6. The molecule has 1 saturated heterocycles. The predicted molar refractivity (Wildman–Crippen MR) is 111 cm³/mol. The number of piperidine rings is 1. The van der Waals surface area contributed by atoms with Crippen molar-refractivity contribution in [3.8, 4) is 0 Å². The maximum atomic E-state index is 13.1. The Balaban J connectivity index is 1.46. The first kappa shape index (κ1) is 17.9. The molecule has 1 aromatic heterocycles. The molecule has 1 N–H and O–H groups in total. The van der Waals surface area contributed by atoms with Crippen molar-refractivity contribution in [3.05, 3.63) is 65.9 Å². The summed E-state index contributed by atoms with van der Waals surface area (Å²) in [6, 6.07) is 17.5. The fourth-order valence-corrected chi connectivity index (χ4v) is 6.30. The zero-order chi connectivity index (χ0) is 19.3. The number of sulfonamides is 1. The SMILES string of the molecule is CN([C@@H]1CCN2CCc3c([nH]c4ccccc34)[C@@H]2C1)S(=O)(=O)c1ccccc1. The highest BCUT2D eigenvalue weighted by molar-refractivity contribution is 7.89. The van der Waals surface area contributed by atoms with Crippen LogP contribution in [0.2, 0.25) is 0 Å². The van der Waals surface area contributed by atoms with Crippen molar-refractivity contribution in [2.75, 3.05) is 20.1 Å². The number of nitrogens with zero attached hydrogens (tertiary/aromatic N) is 2. The number of H-pyrrole nitrogens is 1. The molecule has 0 spiro atoms. The lowest BCUT2D eigenvalue weighted by molar-refractivity contribution is 0.0949. The summed E-state index contributed by atoms with van der Waals surface area (Å²) in [6.07, 6.45) is 2.75. The molecule has 0 bridgehead atoms. The summed E-state index contributed by atoms with van der Waals surface area (Å²) in [7, 11) is -1.74. The average molecular weight is 396 g/mol. The third-order valence-electron chi connectivity index (χ3n) is 6.45. The van der Waals surface area contributed by atoms with Gasteiger partial charge in [0.1, 0.15) is 0 Å². The Hall–Kier alpha value is -2.15. The van der Waals surface area contributed by atoms with Gasteiger partial charge in [0.25, 0.3) is 0 Å². The molecule has 146 valence electrons. The van der Waals surface area contributed by atoms with Crippen molar-refractivity contribution in [2.45, 2.75) is 36.2 Å². The second kappa shape index (κ2) is 6.72. The Labute approximate surface area is 166 Å². The molecule has 2 atom stereocenters. The van der Waals surface area contributed by atoms with Crippen LogP contribution >= 0.6 is 0 Å². The van der Waals surface area contributed by atoms with Crippen LogP contribution in [-0.2, 0) is 16.4 Å². The van der Waals surface area contributed by atoms with Gasteiger partial charge in [-0.2, -0.15) is 4.31 Å². The highest BCUT2D eigenvalue weighted by Crippen LogP contribution is 2.40. The van der Waals surface area contributed by atoms with E-state index in [2.05, 4.69) is 34.1 Å². The Bertz CT molecular complexity index is 1110. The number of hydrogen-bond donors (Lipinski definition) is 1. The first-order valence-corrected chi connectivity index (χ1v) is 11.4. The van der Waals surface area contributed by atoms with E-state index in [4.69, 9.17) is 0 Å². The quantitative estimate of drug-likeness (QED) is 0.738. The number of rotatable bonds is 3. The molecule has 2 aliphatic heterocycles. The third kappa shape index (κ3) is 2.79. The van der Waals surface area contributed by atoms with Gasteiger partial charge in [-0.25, -0.2) is 8.42 Å². The summed E-state index contributed by atoms with van der Waals surface area (Å²) in [5, 5.41) is 1.31. The maximum Gasteiger partial charge on any atom is 0.243 e. The Morgan fingerprint density at radius 3 is 2.61 bits per heavy atom. The van der Waals surface area contributed by atoms with Crippen molar-refractivity contribution < 1.29 is 8.42 Å². The largest absolute Gasteiger partial charge is 0.357 e. The number of aromatic amines is 1. The van der Waals surface area contributed by atoms with E-state index < -0.39 is 10.0 Å². The molecule has 2 aliphatic rings. The summed E-state index contributed by atoms with van der Waals surface area (Å²) in [6.45, 7) is 1.97. The van der Waals surface area contributed by atoms with E-state index in [9.17, 15) is 8.42 Å². The van der Waals surface area contributed by atoms with Crippen LogP contribution in [0.25, 0.3) is 10.9 Å². The van der Waals surface area contributed by atoms with Crippen LogP contribution in [0.15, 0.2) is 59.5 Å². The van der Waals surface area contributed by atoms with E-state index in [1.165, 1.54) is 22.2 Å². The van der Waals surface area contributed by atoms with Gasteiger partial charge in [-0.3, -0.25) is 4.90 Å². The fraction of sp³-hybridized carbons (Fsp3) is 0.364. The van der Waals surface area contributed by atoms with E-state index in [1.807, 2.05) is 6.07 Å². The second-order valence-electron chi connectivity index (χ2n) is 7.88. The number of benzene rings is 2. The molecule has 0 saturated carbocycles. The summed E-state index contributed by atoms with van der Waals surface area (Å²) in [5.41, 5.74) is 3.87. The molecular weight excluding hydrogens is 370 g/mol. The average Bonchev–Trinajstić information content (AvgIpc) is 3.12. The van der Waals surface area contributed by atoms with Crippen molar-refractivity contribution >= 4 is 20.9 Å². The van der Waals surface area contributed by atoms with Gasteiger partial charge in [0.05, 0.1) is 10.9 Å². The summed E-state index contributed by atoms with van der Waals surface area (Å²) in [5.74, 6) is 0. The van der Waals surface area contributed by atoms with Crippen LogP contribution in [0.3, 0.4) is 0 Å². The molecule has 0 unspecified atom stereocenters. The van der Waals surface area contributed by atoms with Gasteiger partial charge < -0.3 is 4.98 Å². The molecule has 6 heteroatoms. The molecular formula is C22H25N3O2S. The van der Waals surface area contributed by atoms with Gasteiger partial charge >= 0.3 is 0 Å². The fourth-order valence-electron chi connectivity index (χ4n) is 4.88. The Morgan fingerprint density at radius 1 is 1.04 bits per heavy atom. The zero-order valence-corrected chi connectivity index (χ0v) is 16.8. The van der Waals surface area contributed by atoms with Gasteiger partial charge in [0, 0.05) is 42.8 Å². The van der Waals surface area contributed by atoms with Crippen molar-refractivity contribution in [3.63, 3.8) is 0 Å². The van der Waals surface area contributed by atoms with Crippen molar-refractivity contribution in [2.24, 2.45) is 0 Å². The highest BCUT2D eigenvalue weighted by atomic mass is 32.2. The summed E-state index contributed by atoms with van der Waals surface area (Å²) < 4.78 is 27.8. The molecule has 5 rings (SSSR count). The van der Waals surface area contributed by atoms with Gasteiger partial charge in [-0.05, 0) is 43.0 Å². The van der Waals surface area contributed by atoms with Gasteiger partial charge in [0.2, 0.25) is 10.0 Å². The van der Waals surface area contributed by atoms with Crippen LogP contribution in [0.4, 0.5) is 0 Å². The van der Waals surface area contributed by atoms with Crippen LogP contribution in [0.5, 0.6) is 0 Å². The van der Waals surface area contributed by atoms with Gasteiger partial charge in [-0.15, -0.1) is 0 Å². The molecule has 0 aliphatic carbocycles. The van der Waals surface area contributed by atoms with Crippen LogP contribution < -0.4 is 0 Å². The Kier molecular flexibility index (Phi) is 4.30. The van der Waals surface area contributed by atoms with Crippen molar-refractivity contribution in [1.29, 1.82) is 0 Å². The highest BCUT2D eigenvalue weighted by Gasteiger charge is 2.39. The normalized spacial score (nSPS) is 22.9. The van der Waals surface area contributed by atoms with Gasteiger partial charge in [0.15, 0.2) is 0 Å². The monoisotopic (exact) mass is 395 g/mol. The smallest absolute Gasteiger partial charge is 0.243 e. The topological polar surface area (TPSA) is 56.4 Å². The molecule has 0 radical (unpaired) electrons. The van der Waals surface area contributed by atoms with E-state index in [0.717, 1.165) is 32.4 Å². The number of para-hydroxylation sites is 1. The van der Waals surface area contributed by atoms with E-state index in [-0.39, 0.29) is 12.1 Å². The molecule has 28 heavy (non-hydrogen) atoms. The molecule has 2 aromatic carbocycles. The predicted octanol–water partition coefficient (Wildman–Crippen LogP) is 3.55. The minimum absolute atomic E-state index is 0.00354. The molecule has 3 aromatic rings. The Morgan fingerprint density at radius 2 is 1.79 bits per heavy atom. The molecule has 5 nitrogen and oxygen atoms in total. The van der Waals surface area contributed by atoms with Crippen LogP contribution in [0, 0.1) is 0 Å². The standard InChI is InChI=1S/C22H25N3O2S/c1-24(28(26,27)17-7-3-2-4-8-17)16-11-13-25-14-12-19-18-9-5-6-10-20(18)23-22(19)21(25)15-16/h2-10,16,21,23H,11-15H2,1H3/t16-,21+/m1/s1. The third-order valence-corrected chi connectivity index (χ3v) is 8.37. The van der Waals surface area contributed by atoms with E-state index in [0.29, 0.717) is 4.90 Å². The molecule has 3 heterocycles. The minimum atomic E-state index is -3.47. The first-order valence-electron chi connectivity index (χ1n) is 9.92. The summed E-state index contributed by atoms with van der Waals surface area (Å²) >= 11 is 0. The number of nitrogens with one attached hydrogen (secondary N) is 1. The molecule has 1 fully saturated rings. The number of aromatic nitrogens is 1. The number of fused-ring (bicyclic) bond motifs is 5. The van der Waals surface area contributed by atoms with Gasteiger partial charge in [-0.1, -0.05) is 36.4 Å². The molecule has 0 amide bonds. The lowest BCUT2D eigenvalue weighted by Gasteiger charge is -2.44. The van der Waals surface area contributed by atoms with E-state index >= 15 is 0 Å². The second-order valence-corrected chi connectivity index (χ2v) is 9.87. The van der Waals surface area contributed by atoms with Crippen LogP contribution in [0.1, 0.15) is 30.1 Å². The summed E-state index contributed by atoms with van der Waals surface area (Å²) in [4.78, 5) is 6.52. The van der Waals surface area contributed by atoms with Crippen LogP contribution in [-0.4, -0.2) is 48.8 Å². The lowest BCUT2D eigenvalue weighted by atomic mass is 9.88.